The zero-order chi connectivity index (χ0) is 7.23. The minimum Gasteiger partial charge on any atom is -0.472 e. The fraction of sp³-hybridized carbons (Fsp3) is 0.143. The summed E-state index contributed by atoms with van der Waals surface area (Å²) in [5, 5.41) is 0. The van der Waals surface area contributed by atoms with Crippen molar-refractivity contribution in [1.82, 2.24) is 9.97 Å². The summed E-state index contributed by atoms with van der Waals surface area (Å²) in [6.07, 6.45) is 7.15. The standard InChI is InChI=1S/C7H7N2O/c1-2-5-10-7-6-8-3-4-9-7/h2,4,6H,1,5H2. The summed E-state index contributed by atoms with van der Waals surface area (Å²) in [6.45, 7) is 3.95. The molecule has 0 amide bonds. The SMILES string of the molecule is C=CCOc1cn[c]cn1. The molecule has 0 aromatic carbocycles. The van der Waals surface area contributed by atoms with Crippen LogP contribution in [-0.2, 0) is 0 Å². The molecule has 0 aliphatic carbocycles. The Hall–Kier alpha value is -1.38. The molecule has 3 heteroatoms. The molecule has 0 fully saturated rings. The van der Waals surface area contributed by atoms with E-state index >= 15 is 0 Å². The molecule has 0 unspecified atom stereocenters. The Bertz CT molecular complexity index is 198. The number of nitrogens with zero attached hydrogens (tertiary/aromatic N) is 2. The first-order valence-corrected chi connectivity index (χ1v) is 2.85. The first-order chi connectivity index (χ1) is 4.93. The highest BCUT2D eigenvalue weighted by Crippen LogP contribution is 1.98. The van der Waals surface area contributed by atoms with Crippen molar-refractivity contribution in [3.05, 3.63) is 31.2 Å². The van der Waals surface area contributed by atoms with Gasteiger partial charge in [-0.1, -0.05) is 12.7 Å². The van der Waals surface area contributed by atoms with E-state index in [9.17, 15) is 0 Å². The van der Waals surface area contributed by atoms with Crippen LogP contribution < -0.4 is 4.74 Å². The van der Waals surface area contributed by atoms with Crippen LogP contribution in [0.3, 0.4) is 0 Å². The number of aromatic nitrogens is 2. The first-order valence-electron chi connectivity index (χ1n) is 2.85. The van der Waals surface area contributed by atoms with Gasteiger partial charge in [0.1, 0.15) is 12.8 Å². The van der Waals surface area contributed by atoms with Crippen molar-refractivity contribution < 1.29 is 4.74 Å². The highest BCUT2D eigenvalue weighted by atomic mass is 16.5. The van der Waals surface area contributed by atoms with Crippen LogP contribution in [0.25, 0.3) is 0 Å². The third-order valence-corrected chi connectivity index (χ3v) is 0.848. The van der Waals surface area contributed by atoms with Gasteiger partial charge in [0.05, 0.1) is 12.4 Å². The predicted octanol–water partition coefficient (Wildman–Crippen LogP) is 0.842. The van der Waals surface area contributed by atoms with Crippen molar-refractivity contribution in [1.29, 1.82) is 0 Å². The van der Waals surface area contributed by atoms with Crippen molar-refractivity contribution >= 4 is 0 Å². The second-order valence-electron chi connectivity index (χ2n) is 1.58. The maximum Gasteiger partial charge on any atom is 0.232 e. The summed E-state index contributed by atoms with van der Waals surface area (Å²) in [4.78, 5) is 7.52. The lowest BCUT2D eigenvalue weighted by Crippen LogP contribution is -1.94. The van der Waals surface area contributed by atoms with E-state index in [1.807, 2.05) is 0 Å². The molecule has 51 valence electrons. The number of hydrogen-bond acceptors (Lipinski definition) is 3. The molecule has 3 nitrogen and oxygen atoms in total. The van der Waals surface area contributed by atoms with Gasteiger partial charge in [0.15, 0.2) is 0 Å². The van der Waals surface area contributed by atoms with Gasteiger partial charge in [-0.25, -0.2) is 9.97 Å². The van der Waals surface area contributed by atoms with Gasteiger partial charge in [0.25, 0.3) is 0 Å². The maximum absolute atomic E-state index is 5.04. The van der Waals surface area contributed by atoms with Gasteiger partial charge in [0, 0.05) is 0 Å². The molecular weight excluding hydrogens is 128 g/mol. The van der Waals surface area contributed by atoms with Crippen LogP contribution in [0.5, 0.6) is 5.88 Å². The van der Waals surface area contributed by atoms with Gasteiger partial charge < -0.3 is 4.74 Å². The Morgan fingerprint density at radius 2 is 2.70 bits per heavy atom. The van der Waals surface area contributed by atoms with Crippen molar-refractivity contribution in [3.8, 4) is 5.88 Å². The Morgan fingerprint density at radius 3 is 3.30 bits per heavy atom. The average Bonchev–Trinajstić information content (AvgIpc) is 2.03. The fourth-order valence-corrected chi connectivity index (χ4v) is 0.470. The van der Waals surface area contributed by atoms with Gasteiger partial charge in [-0.2, -0.15) is 0 Å². The van der Waals surface area contributed by atoms with E-state index < -0.39 is 0 Å². The Balaban J connectivity index is 2.50. The second kappa shape index (κ2) is 3.61. The molecule has 0 aliphatic rings. The normalized spacial score (nSPS) is 8.80. The van der Waals surface area contributed by atoms with Crippen molar-refractivity contribution in [3.63, 3.8) is 0 Å². The van der Waals surface area contributed by atoms with Gasteiger partial charge in [-0.3, -0.25) is 0 Å². The quantitative estimate of drug-likeness (QED) is 0.576. The zero-order valence-corrected chi connectivity index (χ0v) is 5.45. The molecule has 0 saturated carbocycles. The van der Waals surface area contributed by atoms with E-state index in [1.54, 1.807) is 6.08 Å². The van der Waals surface area contributed by atoms with Crippen LogP contribution in [0.4, 0.5) is 0 Å². The first kappa shape index (κ1) is 6.74. The van der Waals surface area contributed by atoms with Crippen molar-refractivity contribution in [2.75, 3.05) is 6.61 Å². The lowest BCUT2D eigenvalue weighted by molar-refractivity contribution is 0.347. The highest BCUT2D eigenvalue weighted by molar-refractivity contribution is 5.01. The summed E-state index contributed by atoms with van der Waals surface area (Å²) < 4.78 is 5.04. The van der Waals surface area contributed by atoms with Crippen LogP contribution in [0.1, 0.15) is 0 Å². The fourth-order valence-electron chi connectivity index (χ4n) is 0.470. The molecule has 0 saturated heterocycles. The lowest BCUT2D eigenvalue weighted by Gasteiger charge is -1.97. The van der Waals surface area contributed by atoms with E-state index in [2.05, 4.69) is 22.7 Å². The molecule has 1 radical (unpaired) electrons. The van der Waals surface area contributed by atoms with Gasteiger partial charge in [0.2, 0.25) is 5.88 Å². The lowest BCUT2D eigenvalue weighted by atomic mass is 10.7. The van der Waals surface area contributed by atoms with Crippen LogP contribution in [0.2, 0.25) is 0 Å². The molecule has 1 aromatic rings. The number of rotatable bonds is 3. The smallest absolute Gasteiger partial charge is 0.232 e. The zero-order valence-electron chi connectivity index (χ0n) is 5.45. The molecule has 0 spiro atoms. The topological polar surface area (TPSA) is 35.0 Å². The van der Waals surface area contributed by atoms with Crippen LogP contribution >= 0.6 is 0 Å². The molecule has 0 atom stereocenters. The molecule has 0 N–H and O–H groups in total. The van der Waals surface area contributed by atoms with E-state index in [0.717, 1.165) is 0 Å². The summed E-state index contributed by atoms with van der Waals surface area (Å²) >= 11 is 0. The van der Waals surface area contributed by atoms with E-state index in [1.165, 1.54) is 12.4 Å². The van der Waals surface area contributed by atoms with E-state index in [-0.39, 0.29) is 0 Å². The predicted molar refractivity (Wildman–Crippen MR) is 36.6 cm³/mol. The van der Waals surface area contributed by atoms with Crippen LogP contribution in [-0.4, -0.2) is 16.6 Å². The Labute approximate surface area is 59.4 Å². The third-order valence-electron chi connectivity index (χ3n) is 0.848. The number of hydrogen-bond donors (Lipinski definition) is 0. The van der Waals surface area contributed by atoms with E-state index in [0.29, 0.717) is 12.5 Å². The minimum atomic E-state index is 0.457. The largest absolute Gasteiger partial charge is 0.472 e. The van der Waals surface area contributed by atoms with Gasteiger partial charge in [-0.05, 0) is 0 Å². The molecule has 1 heterocycles. The molecule has 10 heavy (non-hydrogen) atoms. The van der Waals surface area contributed by atoms with Crippen molar-refractivity contribution in [2.45, 2.75) is 0 Å². The minimum absolute atomic E-state index is 0.457. The van der Waals surface area contributed by atoms with Gasteiger partial charge in [-0.15, -0.1) is 0 Å². The van der Waals surface area contributed by atoms with Gasteiger partial charge >= 0.3 is 0 Å². The third kappa shape index (κ3) is 1.85. The molecule has 0 bridgehead atoms. The van der Waals surface area contributed by atoms with Crippen molar-refractivity contribution in [2.24, 2.45) is 0 Å². The Morgan fingerprint density at radius 1 is 1.80 bits per heavy atom. The molecular formula is C7H7N2O. The maximum atomic E-state index is 5.04. The summed E-state index contributed by atoms with van der Waals surface area (Å²) in [7, 11) is 0. The number of ether oxygens (including phenoxy) is 1. The average molecular weight is 135 g/mol. The molecule has 1 aromatic heterocycles. The highest BCUT2D eigenvalue weighted by Gasteiger charge is 1.88. The summed E-state index contributed by atoms with van der Waals surface area (Å²) in [5.41, 5.74) is 0. The monoisotopic (exact) mass is 135 g/mol. The summed E-state index contributed by atoms with van der Waals surface area (Å²) in [5.74, 6) is 0.499. The van der Waals surface area contributed by atoms with Crippen LogP contribution in [0, 0.1) is 6.20 Å². The Kier molecular flexibility index (Phi) is 2.43. The second-order valence-corrected chi connectivity index (χ2v) is 1.58. The molecule has 1 rings (SSSR count). The van der Waals surface area contributed by atoms with E-state index in [4.69, 9.17) is 4.74 Å². The summed E-state index contributed by atoms with van der Waals surface area (Å²) in [6, 6.07) is 0. The molecule has 0 aliphatic heterocycles. The van der Waals surface area contributed by atoms with Crippen LogP contribution in [0.15, 0.2) is 25.0 Å².